The zero-order valence-electron chi connectivity index (χ0n) is 11.6. The largest absolute Gasteiger partial charge is 0.336 e. The first-order chi connectivity index (χ1) is 9.66. The quantitative estimate of drug-likeness (QED) is 0.757. The zero-order chi connectivity index (χ0) is 14.4. The van der Waals surface area contributed by atoms with E-state index in [0.717, 1.165) is 5.69 Å². The normalized spacial score (nSPS) is 12.3. The van der Waals surface area contributed by atoms with Gasteiger partial charge in [0.05, 0.1) is 18.3 Å². The molecule has 0 radical (unpaired) electrons. The van der Waals surface area contributed by atoms with Crippen LogP contribution in [0.15, 0.2) is 29.8 Å². The van der Waals surface area contributed by atoms with E-state index in [1.807, 2.05) is 31.6 Å². The van der Waals surface area contributed by atoms with Crippen molar-refractivity contribution in [3.8, 4) is 0 Å². The third-order valence-corrected chi connectivity index (χ3v) is 3.92. The van der Waals surface area contributed by atoms with Gasteiger partial charge in [0.25, 0.3) is 0 Å². The van der Waals surface area contributed by atoms with Crippen molar-refractivity contribution in [2.45, 2.75) is 12.6 Å². The molecular formula is C13H19N5OS. The van der Waals surface area contributed by atoms with Gasteiger partial charge in [0.1, 0.15) is 0 Å². The molecule has 20 heavy (non-hydrogen) atoms. The third kappa shape index (κ3) is 4.07. The van der Waals surface area contributed by atoms with Crippen LogP contribution in [-0.2, 0) is 6.54 Å². The number of likely N-dealkylation sites (N-methyl/N-ethyl adjacent to an activating group) is 1. The summed E-state index contributed by atoms with van der Waals surface area (Å²) in [4.78, 5) is 15.1. The maximum absolute atomic E-state index is 11.8. The van der Waals surface area contributed by atoms with Crippen molar-refractivity contribution in [1.29, 1.82) is 0 Å². The molecule has 2 heterocycles. The number of H-pyrrole nitrogens is 1. The van der Waals surface area contributed by atoms with Gasteiger partial charge in [0, 0.05) is 17.6 Å². The molecule has 0 aliphatic carbocycles. The molecule has 2 rings (SSSR count). The van der Waals surface area contributed by atoms with Crippen molar-refractivity contribution < 1.29 is 4.79 Å². The van der Waals surface area contributed by atoms with E-state index in [1.165, 1.54) is 4.88 Å². The number of thiophene rings is 1. The number of carbonyl (C=O) groups excluding carboxylic acids is 1. The molecule has 0 aliphatic rings. The van der Waals surface area contributed by atoms with Gasteiger partial charge in [0.15, 0.2) is 0 Å². The molecule has 7 heteroatoms. The van der Waals surface area contributed by atoms with E-state index in [9.17, 15) is 4.79 Å². The summed E-state index contributed by atoms with van der Waals surface area (Å²) in [7, 11) is 4.02. The van der Waals surface area contributed by atoms with Gasteiger partial charge in [-0.3, -0.25) is 5.10 Å². The first-order valence-corrected chi connectivity index (χ1v) is 7.24. The number of urea groups is 1. The lowest BCUT2D eigenvalue weighted by molar-refractivity contribution is 0.233. The van der Waals surface area contributed by atoms with Gasteiger partial charge in [0.2, 0.25) is 0 Å². The average Bonchev–Trinajstić information content (AvgIpc) is 3.09. The minimum Gasteiger partial charge on any atom is -0.336 e. The number of aromatic amines is 1. The summed E-state index contributed by atoms with van der Waals surface area (Å²) < 4.78 is 0. The molecule has 0 aliphatic heterocycles. The summed E-state index contributed by atoms with van der Waals surface area (Å²) in [5, 5.41) is 14.4. The van der Waals surface area contributed by atoms with Gasteiger partial charge >= 0.3 is 6.03 Å². The second-order valence-electron chi connectivity index (χ2n) is 4.64. The van der Waals surface area contributed by atoms with Crippen LogP contribution in [0, 0.1) is 0 Å². The molecule has 2 amide bonds. The minimum atomic E-state index is -0.178. The van der Waals surface area contributed by atoms with E-state index in [1.54, 1.807) is 17.5 Å². The van der Waals surface area contributed by atoms with Gasteiger partial charge < -0.3 is 15.5 Å². The highest BCUT2D eigenvalue weighted by Gasteiger charge is 2.15. The number of aromatic nitrogens is 2. The van der Waals surface area contributed by atoms with E-state index in [4.69, 9.17) is 0 Å². The van der Waals surface area contributed by atoms with Crippen LogP contribution in [0.1, 0.15) is 16.6 Å². The fourth-order valence-electron chi connectivity index (χ4n) is 1.83. The lowest BCUT2D eigenvalue weighted by Crippen LogP contribution is -2.40. The molecule has 108 valence electrons. The van der Waals surface area contributed by atoms with Gasteiger partial charge in [-0.15, -0.1) is 11.3 Å². The van der Waals surface area contributed by atoms with Crippen LogP contribution in [-0.4, -0.2) is 41.8 Å². The topological polar surface area (TPSA) is 73.1 Å². The van der Waals surface area contributed by atoms with Crippen LogP contribution in [0.4, 0.5) is 4.79 Å². The Hall–Kier alpha value is -1.86. The summed E-state index contributed by atoms with van der Waals surface area (Å²) in [6.45, 7) is 1.01. The molecular weight excluding hydrogens is 274 g/mol. The SMILES string of the molecule is CN(C)C(CNC(=O)NCc1ccn[nH]1)c1cccs1. The highest BCUT2D eigenvalue weighted by molar-refractivity contribution is 7.10. The molecule has 2 aromatic heterocycles. The molecule has 1 unspecified atom stereocenters. The predicted octanol–water partition coefficient (Wildman–Crippen LogP) is 1.57. The van der Waals surface area contributed by atoms with Crippen molar-refractivity contribution in [3.05, 3.63) is 40.3 Å². The average molecular weight is 293 g/mol. The maximum Gasteiger partial charge on any atom is 0.315 e. The van der Waals surface area contributed by atoms with Crippen LogP contribution in [0.25, 0.3) is 0 Å². The summed E-state index contributed by atoms with van der Waals surface area (Å²) in [5.41, 5.74) is 0.877. The van der Waals surface area contributed by atoms with E-state index in [2.05, 4.69) is 31.8 Å². The minimum absolute atomic E-state index is 0.178. The molecule has 1 atom stereocenters. The molecule has 0 saturated heterocycles. The Morgan fingerprint density at radius 1 is 1.45 bits per heavy atom. The molecule has 0 bridgehead atoms. The fourth-order valence-corrected chi connectivity index (χ4v) is 2.75. The standard InChI is InChI=1S/C13H19N5OS/c1-18(2)11(12-4-3-7-20-12)9-15-13(19)14-8-10-5-6-16-17-10/h3-7,11H,8-9H2,1-2H3,(H,16,17)(H2,14,15,19). The van der Waals surface area contributed by atoms with E-state index in [0.29, 0.717) is 13.1 Å². The molecule has 2 aromatic rings. The van der Waals surface area contributed by atoms with Crippen molar-refractivity contribution >= 4 is 17.4 Å². The van der Waals surface area contributed by atoms with Gasteiger partial charge in [-0.25, -0.2) is 4.79 Å². The lowest BCUT2D eigenvalue weighted by Gasteiger charge is -2.23. The summed E-state index contributed by atoms with van der Waals surface area (Å²) in [6, 6.07) is 5.94. The number of amides is 2. The van der Waals surface area contributed by atoms with E-state index < -0.39 is 0 Å². The number of hydrogen-bond donors (Lipinski definition) is 3. The van der Waals surface area contributed by atoms with Crippen molar-refractivity contribution in [2.75, 3.05) is 20.6 Å². The number of hydrogen-bond acceptors (Lipinski definition) is 4. The van der Waals surface area contributed by atoms with Crippen LogP contribution in [0.3, 0.4) is 0 Å². The molecule has 0 fully saturated rings. The second-order valence-corrected chi connectivity index (χ2v) is 5.62. The first kappa shape index (κ1) is 14.5. The van der Waals surface area contributed by atoms with E-state index in [-0.39, 0.29) is 12.1 Å². The molecule has 6 nitrogen and oxygen atoms in total. The van der Waals surface area contributed by atoms with Crippen LogP contribution in [0.2, 0.25) is 0 Å². The summed E-state index contributed by atoms with van der Waals surface area (Å²) in [6.07, 6.45) is 1.66. The molecule has 3 N–H and O–H groups in total. The molecule has 0 saturated carbocycles. The lowest BCUT2D eigenvalue weighted by atomic mass is 10.2. The highest BCUT2D eigenvalue weighted by atomic mass is 32.1. The second kappa shape index (κ2) is 7.06. The van der Waals surface area contributed by atoms with Gasteiger partial charge in [-0.1, -0.05) is 6.07 Å². The Labute approximate surface area is 122 Å². The molecule has 0 aromatic carbocycles. The van der Waals surface area contributed by atoms with Crippen molar-refractivity contribution in [1.82, 2.24) is 25.7 Å². The predicted molar refractivity (Wildman–Crippen MR) is 79.6 cm³/mol. The highest BCUT2D eigenvalue weighted by Crippen LogP contribution is 2.22. The van der Waals surface area contributed by atoms with E-state index >= 15 is 0 Å². The van der Waals surface area contributed by atoms with Crippen LogP contribution in [0.5, 0.6) is 0 Å². The number of nitrogens with zero attached hydrogens (tertiary/aromatic N) is 2. The smallest absolute Gasteiger partial charge is 0.315 e. The van der Waals surface area contributed by atoms with Gasteiger partial charge in [-0.2, -0.15) is 5.10 Å². The van der Waals surface area contributed by atoms with Gasteiger partial charge in [-0.05, 0) is 31.6 Å². The monoisotopic (exact) mass is 293 g/mol. The first-order valence-electron chi connectivity index (χ1n) is 6.36. The van der Waals surface area contributed by atoms with Crippen LogP contribution >= 0.6 is 11.3 Å². The fraction of sp³-hybridized carbons (Fsp3) is 0.385. The Balaban J connectivity index is 1.79. The number of carbonyl (C=O) groups is 1. The Morgan fingerprint density at radius 2 is 2.30 bits per heavy atom. The molecule has 0 spiro atoms. The zero-order valence-corrected chi connectivity index (χ0v) is 12.4. The van der Waals surface area contributed by atoms with Crippen molar-refractivity contribution in [3.63, 3.8) is 0 Å². The Kier molecular flexibility index (Phi) is 5.14. The summed E-state index contributed by atoms with van der Waals surface area (Å²) >= 11 is 1.70. The Bertz CT molecular complexity index is 509. The van der Waals surface area contributed by atoms with Crippen LogP contribution < -0.4 is 10.6 Å². The Morgan fingerprint density at radius 3 is 2.90 bits per heavy atom. The summed E-state index contributed by atoms with van der Waals surface area (Å²) in [5.74, 6) is 0. The van der Waals surface area contributed by atoms with Crippen molar-refractivity contribution in [2.24, 2.45) is 0 Å². The number of rotatable bonds is 6. The number of nitrogens with one attached hydrogen (secondary N) is 3. The maximum atomic E-state index is 11.8. The third-order valence-electron chi connectivity index (χ3n) is 2.95.